The number of esters is 1. The summed E-state index contributed by atoms with van der Waals surface area (Å²) in [5.41, 5.74) is 1.52. The van der Waals surface area contributed by atoms with E-state index >= 15 is 0 Å². The fourth-order valence-corrected chi connectivity index (χ4v) is 3.10. The van der Waals surface area contributed by atoms with E-state index in [2.05, 4.69) is 5.32 Å². The van der Waals surface area contributed by atoms with Crippen LogP contribution in [0.4, 0.5) is 0 Å². The van der Waals surface area contributed by atoms with Crippen LogP contribution in [0.5, 0.6) is 5.75 Å². The Morgan fingerprint density at radius 1 is 0.967 bits per heavy atom. The summed E-state index contributed by atoms with van der Waals surface area (Å²) in [5.74, 6) is -1.31. The molecule has 0 aromatic heterocycles. The second-order valence-electron chi connectivity index (χ2n) is 7.00. The average molecular weight is 405 g/mol. The molecule has 0 radical (unpaired) electrons. The number of amides is 1. The fraction of sp³-hybridized carbons (Fsp3) is 0.208. The number of rotatable bonds is 8. The highest BCUT2D eigenvalue weighted by Gasteiger charge is 2.16. The normalized spacial score (nSPS) is 10.6. The van der Waals surface area contributed by atoms with Crippen molar-refractivity contribution in [3.8, 4) is 5.75 Å². The first-order chi connectivity index (χ1) is 14.4. The van der Waals surface area contributed by atoms with E-state index in [1.54, 1.807) is 18.2 Å². The number of Topliss-reactive ketones (excluding diaryl/α,β-unsaturated/α-hetero) is 1. The third-order valence-electron chi connectivity index (χ3n) is 4.71. The Balaban J connectivity index is 1.55. The second-order valence-corrected chi connectivity index (χ2v) is 7.00. The van der Waals surface area contributed by atoms with Crippen molar-refractivity contribution >= 4 is 28.4 Å². The molecule has 0 heterocycles. The van der Waals surface area contributed by atoms with E-state index in [0.717, 1.165) is 29.2 Å². The largest absolute Gasteiger partial charge is 0.507 e. The molecule has 6 nitrogen and oxygen atoms in total. The summed E-state index contributed by atoms with van der Waals surface area (Å²) in [5, 5.41) is 14.4. The molecule has 30 heavy (non-hydrogen) atoms. The molecule has 0 atom stereocenters. The van der Waals surface area contributed by atoms with Crippen molar-refractivity contribution in [1.82, 2.24) is 5.32 Å². The number of phenolic OH excluding ortho intramolecular Hbond substituents is 1. The number of nitrogens with one attached hydrogen (secondary N) is 1. The molecule has 0 aliphatic heterocycles. The Morgan fingerprint density at radius 2 is 1.63 bits per heavy atom. The smallest absolute Gasteiger partial charge is 0.342 e. The highest BCUT2D eigenvalue weighted by Crippen LogP contribution is 2.25. The number of aryl methyl sites for hydroxylation is 1. The Kier molecular flexibility index (Phi) is 6.80. The van der Waals surface area contributed by atoms with Gasteiger partial charge in [0.25, 0.3) is 0 Å². The molecule has 0 aliphatic rings. The summed E-state index contributed by atoms with van der Waals surface area (Å²) in [7, 11) is 0. The summed E-state index contributed by atoms with van der Waals surface area (Å²) in [6, 6.07) is 17.5. The van der Waals surface area contributed by atoms with Crippen molar-refractivity contribution in [2.24, 2.45) is 0 Å². The zero-order chi connectivity index (χ0) is 21.5. The predicted octanol–water partition coefficient (Wildman–Crippen LogP) is 3.65. The monoisotopic (exact) mass is 405 g/mol. The number of aromatic hydroxyl groups is 1. The molecule has 0 saturated carbocycles. The molecular formula is C24H23NO5. The third-order valence-corrected chi connectivity index (χ3v) is 4.71. The number of fused-ring (bicyclic) bond motifs is 1. The van der Waals surface area contributed by atoms with Crippen LogP contribution < -0.4 is 5.32 Å². The maximum Gasteiger partial charge on any atom is 0.342 e. The van der Waals surface area contributed by atoms with Crippen molar-refractivity contribution < 1.29 is 24.2 Å². The lowest BCUT2D eigenvalue weighted by molar-refractivity contribution is -0.118. The highest BCUT2D eigenvalue weighted by molar-refractivity contribution is 6.01. The molecule has 154 valence electrons. The van der Waals surface area contributed by atoms with Gasteiger partial charge in [-0.05, 0) is 41.3 Å². The SMILES string of the molecule is CC(=O)NCCCc1ccc(C(=O)COC(=O)c2cc3ccccc3cc2O)cc1. The maximum absolute atomic E-state index is 12.3. The minimum Gasteiger partial charge on any atom is -0.507 e. The van der Waals surface area contributed by atoms with Gasteiger partial charge >= 0.3 is 5.97 Å². The minimum atomic E-state index is -0.749. The van der Waals surface area contributed by atoms with Gasteiger partial charge in [0.05, 0.1) is 0 Å². The van der Waals surface area contributed by atoms with Crippen LogP contribution in [0.2, 0.25) is 0 Å². The predicted molar refractivity (Wildman–Crippen MR) is 114 cm³/mol. The molecule has 0 fully saturated rings. The first-order valence-corrected chi connectivity index (χ1v) is 9.69. The first kappa shape index (κ1) is 21.0. The van der Waals surface area contributed by atoms with E-state index in [9.17, 15) is 19.5 Å². The van der Waals surface area contributed by atoms with Gasteiger partial charge in [-0.25, -0.2) is 4.79 Å². The molecule has 1 amide bonds. The van der Waals surface area contributed by atoms with Crippen LogP contribution in [0.15, 0.2) is 60.7 Å². The van der Waals surface area contributed by atoms with Gasteiger partial charge in [0.1, 0.15) is 11.3 Å². The lowest BCUT2D eigenvalue weighted by Gasteiger charge is -2.08. The van der Waals surface area contributed by atoms with Crippen LogP contribution in [0.25, 0.3) is 10.8 Å². The Hall–Kier alpha value is -3.67. The van der Waals surface area contributed by atoms with Gasteiger partial charge in [-0.2, -0.15) is 0 Å². The summed E-state index contributed by atoms with van der Waals surface area (Å²) in [6.45, 7) is 1.68. The topological polar surface area (TPSA) is 92.7 Å². The molecule has 0 unspecified atom stereocenters. The van der Waals surface area contributed by atoms with Gasteiger partial charge in [0.2, 0.25) is 5.91 Å². The first-order valence-electron chi connectivity index (χ1n) is 9.69. The third kappa shape index (κ3) is 5.44. The van der Waals surface area contributed by atoms with Crippen LogP contribution in [-0.2, 0) is 16.0 Å². The lowest BCUT2D eigenvalue weighted by atomic mass is 10.0. The summed E-state index contributed by atoms with van der Waals surface area (Å²) in [4.78, 5) is 35.5. The van der Waals surface area contributed by atoms with Gasteiger partial charge in [-0.3, -0.25) is 9.59 Å². The summed E-state index contributed by atoms with van der Waals surface area (Å²) >= 11 is 0. The van der Waals surface area contributed by atoms with Gasteiger partial charge in [0, 0.05) is 19.0 Å². The van der Waals surface area contributed by atoms with Crippen LogP contribution in [0, 0.1) is 0 Å². The second kappa shape index (κ2) is 9.69. The molecular weight excluding hydrogens is 382 g/mol. The van der Waals surface area contributed by atoms with E-state index < -0.39 is 12.6 Å². The zero-order valence-corrected chi connectivity index (χ0v) is 16.7. The number of hydrogen-bond donors (Lipinski definition) is 2. The average Bonchev–Trinajstić information content (AvgIpc) is 2.74. The molecule has 0 spiro atoms. The quantitative estimate of drug-likeness (QED) is 0.339. The molecule has 3 aromatic rings. The lowest BCUT2D eigenvalue weighted by Crippen LogP contribution is -2.21. The van der Waals surface area contributed by atoms with Crippen molar-refractivity contribution in [2.75, 3.05) is 13.2 Å². The standard InChI is InChI=1S/C24H23NO5/c1-16(26)25-12-4-5-17-8-10-18(11-9-17)23(28)15-30-24(29)21-13-19-6-2-3-7-20(19)14-22(21)27/h2-3,6-11,13-14,27H,4-5,12,15H2,1H3,(H,25,26). The number of carbonyl (C=O) groups is 3. The number of carbonyl (C=O) groups excluding carboxylic acids is 3. The van der Waals surface area contributed by atoms with Gasteiger partial charge in [0.15, 0.2) is 12.4 Å². The van der Waals surface area contributed by atoms with Crippen molar-refractivity contribution in [3.05, 3.63) is 77.4 Å². The summed E-state index contributed by atoms with van der Waals surface area (Å²) in [6.07, 6.45) is 1.59. The van der Waals surface area contributed by atoms with Crippen molar-refractivity contribution in [2.45, 2.75) is 19.8 Å². The Labute approximate surface area is 174 Å². The summed E-state index contributed by atoms with van der Waals surface area (Å²) < 4.78 is 5.12. The minimum absolute atomic E-state index is 0.0241. The highest BCUT2D eigenvalue weighted by atomic mass is 16.5. The van der Waals surface area contributed by atoms with Crippen LogP contribution in [0.1, 0.15) is 39.6 Å². The Bertz CT molecular complexity index is 1070. The molecule has 0 aliphatic carbocycles. The van der Waals surface area contributed by atoms with Gasteiger partial charge < -0.3 is 15.2 Å². The van der Waals surface area contributed by atoms with E-state index in [4.69, 9.17) is 4.74 Å². The van der Waals surface area contributed by atoms with E-state index in [0.29, 0.717) is 12.1 Å². The van der Waals surface area contributed by atoms with E-state index in [1.165, 1.54) is 13.0 Å². The van der Waals surface area contributed by atoms with Crippen LogP contribution in [-0.4, -0.2) is 35.9 Å². The van der Waals surface area contributed by atoms with Crippen LogP contribution in [0.3, 0.4) is 0 Å². The maximum atomic E-state index is 12.3. The zero-order valence-electron chi connectivity index (χ0n) is 16.7. The van der Waals surface area contributed by atoms with Gasteiger partial charge in [-0.1, -0.05) is 48.5 Å². The molecule has 3 rings (SSSR count). The van der Waals surface area contributed by atoms with Crippen LogP contribution >= 0.6 is 0 Å². The number of phenols is 1. The number of hydrogen-bond acceptors (Lipinski definition) is 5. The fourth-order valence-electron chi connectivity index (χ4n) is 3.10. The van der Waals surface area contributed by atoms with E-state index in [1.807, 2.05) is 36.4 Å². The van der Waals surface area contributed by atoms with Crippen molar-refractivity contribution in [1.29, 1.82) is 0 Å². The van der Waals surface area contributed by atoms with Gasteiger partial charge in [-0.15, -0.1) is 0 Å². The molecule has 6 heteroatoms. The molecule has 0 bridgehead atoms. The molecule has 0 saturated heterocycles. The number of benzene rings is 3. The molecule has 2 N–H and O–H groups in total. The Morgan fingerprint density at radius 3 is 2.30 bits per heavy atom. The number of ketones is 1. The van der Waals surface area contributed by atoms with E-state index in [-0.39, 0.29) is 23.0 Å². The molecule has 3 aromatic carbocycles. The number of ether oxygens (including phenoxy) is 1. The van der Waals surface area contributed by atoms with Crippen molar-refractivity contribution in [3.63, 3.8) is 0 Å².